The van der Waals surface area contributed by atoms with E-state index >= 15 is 0 Å². The lowest BCUT2D eigenvalue weighted by atomic mass is 10.1. The van der Waals surface area contributed by atoms with Crippen molar-refractivity contribution in [2.75, 3.05) is 5.73 Å². The molecule has 0 radical (unpaired) electrons. The second kappa shape index (κ2) is 4.32. The van der Waals surface area contributed by atoms with E-state index in [4.69, 9.17) is 17.3 Å². The minimum atomic E-state index is -2.82. The molecule has 3 nitrogen and oxygen atoms in total. The molecule has 0 aliphatic carbocycles. The van der Waals surface area contributed by atoms with Gasteiger partial charge in [-0.05, 0) is 0 Å². The molecule has 0 aliphatic heterocycles. The van der Waals surface area contributed by atoms with Crippen LogP contribution in [0.2, 0.25) is 0 Å². The molecule has 1 heterocycles. The normalized spacial score (nSPS) is 10.6. The summed E-state index contributed by atoms with van der Waals surface area (Å²) >= 11 is 5.47. The first-order valence-electron chi connectivity index (χ1n) is 3.68. The SMILES string of the molecule is Nc1c(CCl)cnc(C(F)F)c1C=O. The number of alkyl halides is 3. The number of aromatic nitrogens is 1. The Morgan fingerprint density at radius 2 is 2.29 bits per heavy atom. The molecule has 0 atom stereocenters. The van der Waals surface area contributed by atoms with Crippen molar-refractivity contribution in [1.29, 1.82) is 0 Å². The highest BCUT2D eigenvalue weighted by Gasteiger charge is 2.18. The van der Waals surface area contributed by atoms with E-state index in [1.165, 1.54) is 0 Å². The van der Waals surface area contributed by atoms with Gasteiger partial charge in [-0.1, -0.05) is 0 Å². The first kappa shape index (κ1) is 10.8. The number of pyridine rings is 1. The maximum Gasteiger partial charge on any atom is 0.281 e. The number of aldehydes is 1. The van der Waals surface area contributed by atoms with Crippen molar-refractivity contribution < 1.29 is 13.6 Å². The number of anilines is 1. The molecule has 1 aromatic heterocycles. The van der Waals surface area contributed by atoms with Crippen molar-refractivity contribution in [3.05, 3.63) is 23.0 Å². The summed E-state index contributed by atoms with van der Waals surface area (Å²) in [5.41, 5.74) is 4.92. The number of carbonyl (C=O) groups excluding carboxylic acids is 1. The van der Waals surface area contributed by atoms with Crippen LogP contribution < -0.4 is 5.73 Å². The second-order valence-corrected chi connectivity index (χ2v) is 2.82. The monoisotopic (exact) mass is 220 g/mol. The van der Waals surface area contributed by atoms with Gasteiger partial charge < -0.3 is 5.73 Å². The Hall–Kier alpha value is -1.23. The minimum absolute atomic E-state index is 0.0275. The molecular weight excluding hydrogens is 214 g/mol. The molecule has 0 amide bonds. The van der Waals surface area contributed by atoms with Gasteiger partial charge in [-0.2, -0.15) is 0 Å². The largest absolute Gasteiger partial charge is 0.398 e. The van der Waals surface area contributed by atoms with E-state index in [-0.39, 0.29) is 23.4 Å². The van der Waals surface area contributed by atoms with Crippen molar-refractivity contribution >= 4 is 23.6 Å². The van der Waals surface area contributed by atoms with E-state index in [0.29, 0.717) is 5.56 Å². The smallest absolute Gasteiger partial charge is 0.281 e. The average Bonchev–Trinajstić information content (AvgIpc) is 2.17. The molecular formula is C8H7ClF2N2O. The molecule has 6 heteroatoms. The lowest BCUT2D eigenvalue weighted by Gasteiger charge is -2.08. The predicted octanol–water partition coefficient (Wildman–Crippen LogP) is 2.15. The first-order chi connectivity index (χ1) is 6.61. The third kappa shape index (κ3) is 1.82. The van der Waals surface area contributed by atoms with Gasteiger partial charge in [0.05, 0.1) is 17.1 Å². The molecule has 2 N–H and O–H groups in total. The van der Waals surface area contributed by atoms with Crippen LogP contribution in [0, 0.1) is 0 Å². The molecule has 0 saturated carbocycles. The first-order valence-corrected chi connectivity index (χ1v) is 4.21. The number of carbonyl (C=O) groups is 1. The fourth-order valence-corrected chi connectivity index (χ4v) is 1.21. The van der Waals surface area contributed by atoms with Crippen LogP contribution in [0.3, 0.4) is 0 Å². The van der Waals surface area contributed by atoms with Crippen LogP contribution in [-0.4, -0.2) is 11.3 Å². The van der Waals surface area contributed by atoms with Crippen LogP contribution in [0.4, 0.5) is 14.5 Å². The fraction of sp³-hybridized carbons (Fsp3) is 0.250. The van der Waals surface area contributed by atoms with E-state index in [0.717, 1.165) is 6.20 Å². The molecule has 0 saturated heterocycles. The van der Waals surface area contributed by atoms with Gasteiger partial charge in [-0.25, -0.2) is 8.78 Å². The second-order valence-electron chi connectivity index (χ2n) is 2.55. The minimum Gasteiger partial charge on any atom is -0.398 e. The Labute approximate surface area is 83.9 Å². The van der Waals surface area contributed by atoms with E-state index in [1.807, 2.05) is 0 Å². The Bertz CT molecular complexity index is 357. The Balaban J connectivity index is 3.35. The lowest BCUT2D eigenvalue weighted by Crippen LogP contribution is -2.05. The van der Waals surface area contributed by atoms with Crippen LogP contribution >= 0.6 is 11.6 Å². The van der Waals surface area contributed by atoms with E-state index in [9.17, 15) is 13.6 Å². The zero-order valence-electron chi connectivity index (χ0n) is 7.01. The van der Waals surface area contributed by atoms with E-state index < -0.39 is 12.1 Å². The number of rotatable bonds is 3. The van der Waals surface area contributed by atoms with Crippen LogP contribution in [0.15, 0.2) is 6.20 Å². The predicted molar refractivity (Wildman–Crippen MR) is 48.6 cm³/mol. The number of nitrogens with two attached hydrogens (primary N) is 1. The standard InChI is InChI=1S/C8H7ClF2N2O/c9-1-4-2-13-7(8(10)11)5(3-14)6(4)12/h2-3,8H,1H2,(H2,12,13). The number of hydrogen-bond acceptors (Lipinski definition) is 3. The summed E-state index contributed by atoms with van der Waals surface area (Å²) in [5.74, 6) is 0.0309. The average molecular weight is 221 g/mol. The number of hydrogen-bond donors (Lipinski definition) is 1. The Morgan fingerprint density at radius 1 is 1.64 bits per heavy atom. The summed E-state index contributed by atoms with van der Waals surface area (Å²) in [5, 5.41) is 0. The highest BCUT2D eigenvalue weighted by Crippen LogP contribution is 2.26. The Kier molecular flexibility index (Phi) is 3.35. The molecule has 0 aliphatic rings. The maximum atomic E-state index is 12.3. The van der Waals surface area contributed by atoms with Crippen molar-refractivity contribution in [3.63, 3.8) is 0 Å². The van der Waals surface area contributed by atoms with E-state index in [1.54, 1.807) is 0 Å². The maximum absolute atomic E-state index is 12.3. The zero-order chi connectivity index (χ0) is 10.7. The van der Waals surface area contributed by atoms with Crippen molar-refractivity contribution in [2.45, 2.75) is 12.3 Å². The number of nitrogens with zero attached hydrogens (tertiary/aromatic N) is 1. The van der Waals surface area contributed by atoms with Crippen molar-refractivity contribution in [2.24, 2.45) is 0 Å². The van der Waals surface area contributed by atoms with Gasteiger partial charge in [-0.3, -0.25) is 9.78 Å². The molecule has 1 aromatic rings. The molecule has 0 bridgehead atoms. The zero-order valence-corrected chi connectivity index (χ0v) is 7.76. The van der Waals surface area contributed by atoms with Gasteiger partial charge in [0.25, 0.3) is 6.43 Å². The lowest BCUT2D eigenvalue weighted by molar-refractivity contribution is 0.110. The van der Waals surface area contributed by atoms with Crippen LogP contribution in [0.5, 0.6) is 0 Å². The summed E-state index contributed by atoms with van der Waals surface area (Å²) in [6.45, 7) is 0. The van der Waals surface area contributed by atoms with Gasteiger partial charge in [0, 0.05) is 11.8 Å². The third-order valence-electron chi connectivity index (χ3n) is 1.74. The van der Waals surface area contributed by atoms with Crippen LogP contribution in [0.1, 0.15) is 28.0 Å². The summed E-state index contributed by atoms with van der Waals surface area (Å²) in [6.07, 6.45) is -1.40. The molecule has 0 unspecified atom stereocenters. The van der Waals surface area contributed by atoms with Crippen molar-refractivity contribution in [3.8, 4) is 0 Å². The van der Waals surface area contributed by atoms with Gasteiger partial charge in [-0.15, -0.1) is 11.6 Å². The molecule has 14 heavy (non-hydrogen) atoms. The third-order valence-corrected chi connectivity index (χ3v) is 2.03. The summed E-state index contributed by atoms with van der Waals surface area (Å²) in [6, 6.07) is 0. The highest BCUT2D eigenvalue weighted by atomic mass is 35.5. The summed E-state index contributed by atoms with van der Waals surface area (Å²) < 4.78 is 24.6. The number of halogens is 3. The Morgan fingerprint density at radius 3 is 2.71 bits per heavy atom. The van der Waals surface area contributed by atoms with Gasteiger partial charge in [0.2, 0.25) is 0 Å². The van der Waals surface area contributed by atoms with Crippen molar-refractivity contribution in [1.82, 2.24) is 4.98 Å². The topological polar surface area (TPSA) is 56.0 Å². The molecule has 1 rings (SSSR count). The van der Waals surface area contributed by atoms with E-state index in [2.05, 4.69) is 4.98 Å². The van der Waals surface area contributed by atoms with Gasteiger partial charge >= 0.3 is 0 Å². The van der Waals surface area contributed by atoms with Crippen LogP contribution in [-0.2, 0) is 5.88 Å². The summed E-state index contributed by atoms with van der Waals surface area (Å²) in [7, 11) is 0. The molecule has 76 valence electrons. The summed E-state index contributed by atoms with van der Waals surface area (Å²) in [4.78, 5) is 14.0. The molecule has 0 spiro atoms. The van der Waals surface area contributed by atoms with Gasteiger partial charge in [0.15, 0.2) is 6.29 Å². The number of nitrogen functional groups attached to an aromatic ring is 1. The highest BCUT2D eigenvalue weighted by molar-refractivity contribution is 6.17. The van der Waals surface area contributed by atoms with Crippen LogP contribution in [0.25, 0.3) is 0 Å². The molecule has 0 aromatic carbocycles. The quantitative estimate of drug-likeness (QED) is 0.627. The van der Waals surface area contributed by atoms with Gasteiger partial charge in [0.1, 0.15) is 5.69 Å². The molecule has 0 fully saturated rings. The fourth-order valence-electron chi connectivity index (χ4n) is 1.00.